The van der Waals surface area contributed by atoms with Crippen LogP contribution in [0.25, 0.3) is 11.5 Å². The highest BCUT2D eigenvalue weighted by Crippen LogP contribution is 2.22. The third kappa shape index (κ3) is 3.19. The smallest absolute Gasteiger partial charge is 0.314 e. The summed E-state index contributed by atoms with van der Waals surface area (Å²) in [7, 11) is 0. The van der Waals surface area contributed by atoms with Crippen LogP contribution < -0.4 is 4.74 Å². The molecule has 0 saturated heterocycles. The lowest BCUT2D eigenvalue weighted by molar-refractivity contribution is 0.116. The minimum atomic E-state index is -2.81. The molecule has 0 spiro atoms. The number of hydrogen-bond donors (Lipinski definition) is 0. The summed E-state index contributed by atoms with van der Waals surface area (Å²) in [5, 5.41) is 6.75. The van der Waals surface area contributed by atoms with Gasteiger partial charge in [-0.25, -0.2) is 9.97 Å². The number of hydrogen-bond acceptors (Lipinski definition) is 7. The van der Waals surface area contributed by atoms with Gasteiger partial charge in [0.1, 0.15) is 12.4 Å². The predicted molar refractivity (Wildman–Crippen MR) is 68.9 cm³/mol. The zero-order valence-corrected chi connectivity index (χ0v) is 11.1. The second-order valence-electron chi connectivity index (χ2n) is 4.11. The highest BCUT2D eigenvalue weighted by Gasteiger charge is 2.17. The lowest BCUT2D eigenvalue weighted by Gasteiger charge is -2.04. The Hall–Kier alpha value is -2.97. The Morgan fingerprint density at radius 1 is 1.14 bits per heavy atom. The second-order valence-corrected chi connectivity index (χ2v) is 4.11. The summed E-state index contributed by atoms with van der Waals surface area (Å²) in [6.07, 6.45) is 3.19. The number of aromatic nitrogens is 5. The summed E-state index contributed by atoms with van der Waals surface area (Å²) >= 11 is 0. The van der Waals surface area contributed by atoms with Crippen molar-refractivity contribution >= 4 is 0 Å². The van der Waals surface area contributed by atoms with Crippen molar-refractivity contribution in [1.82, 2.24) is 25.1 Å². The monoisotopic (exact) mass is 305 g/mol. The molecule has 0 radical (unpaired) electrons. The molecule has 112 valence electrons. The molecule has 0 aliphatic rings. The summed E-state index contributed by atoms with van der Waals surface area (Å²) in [5.41, 5.74) is 0.351. The summed E-state index contributed by atoms with van der Waals surface area (Å²) in [6, 6.07) is 3.50. The van der Waals surface area contributed by atoms with Gasteiger partial charge in [0.25, 0.3) is 11.8 Å². The van der Waals surface area contributed by atoms with Gasteiger partial charge in [-0.15, -0.1) is 10.2 Å². The van der Waals surface area contributed by atoms with E-state index in [2.05, 4.69) is 25.1 Å². The third-order valence-corrected chi connectivity index (χ3v) is 2.58. The van der Waals surface area contributed by atoms with Gasteiger partial charge in [0.05, 0.1) is 11.8 Å². The van der Waals surface area contributed by atoms with Gasteiger partial charge in [-0.3, -0.25) is 4.98 Å². The molecule has 0 atom stereocenters. The Bertz CT molecular complexity index is 734. The van der Waals surface area contributed by atoms with Gasteiger partial charge in [0, 0.05) is 18.6 Å². The van der Waals surface area contributed by atoms with E-state index in [-0.39, 0.29) is 12.5 Å². The van der Waals surface area contributed by atoms with Crippen molar-refractivity contribution in [2.75, 3.05) is 0 Å². The van der Waals surface area contributed by atoms with E-state index in [0.717, 1.165) is 0 Å². The number of alkyl halides is 2. The van der Waals surface area contributed by atoms with E-state index in [4.69, 9.17) is 9.15 Å². The fraction of sp³-hybridized carbons (Fsp3) is 0.154. The fourth-order valence-corrected chi connectivity index (χ4v) is 1.56. The van der Waals surface area contributed by atoms with Crippen LogP contribution in [0, 0.1) is 0 Å². The standard InChI is InChI=1S/C13H9F2N5O2/c14-11(15)13-20-19-12(22-13)8-4-17-10(18-5-8)7-21-9-2-1-3-16-6-9/h1-6,11H,7H2. The molecule has 0 unspecified atom stereocenters. The average molecular weight is 305 g/mol. The van der Waals surface area contributed by atoms with Crippen LogP contribution in [0.15, 0.2) is 41.3 Å². The van der Waals surface area contributed by atoms with Crippen LogP contribution in [0.1, 0.15) is 18.1 Å². The van der Waals surface area contributed by atoms with Crippen molar-refractivity contribution in [3.8, 4) is 17.2 Å². The Labute approximate surface area is 123 Å². The Balaban J connectivity index is 1.67. The van der Waals surface area contributed by atoms with E-state index >= 15 is 0 Å². The van der Waals surface area contributed by atoms with E-state index in [1.54, 1.807) is 24.5 Å². The van der Waals surface area contributed by atoms with Crippen LogP contribution in [0.2, 0.25) is 0 Å². The molecule has 0 amide bonds. The fourth-order valence-electron chi connectivity index (χ4n) is 1.56. The number of rotatable bonds is 5. The van der Waals surface area contributed by atoms with Crippen LogP contribution in [0.4, 0.5) is 8.78 Å². The normalized spacial score (nSPS) is 10.9. The van der Waals surface area contributed by atoms with Crippen LogP contribution in [0.3, 0.4) is 0 Å². The molecule has 0 aromatic carbocycles. The molecule has 3 aromatic heterocycles. The van der Waals surface area contributed by atoms with Crippen molar-refractivity contribution in [3.63, 3.8) is 0 Å². The van der Waals surface area contributed by atoms with Crippen molar-refractivity contribution in [2.45, 2.75) is 13.0 Å². The largest absolute Gasteiger partial charge is 0.484 e. The van der Waals surface area contributed by atoms with Crippen LogP contribution in [0.5, 0.6) is 5.75 Å². The lowest BCUT2D eigenvalue weighted by Crippen LogP contribution is -2.01. The predicted octanol–water partition coefficient (Wildman–Crippen LogP) is 2.44. The number of pyridine rings is 1. The summed E-state index contributed by atoms with van der Waals surface area (Å²) in [5.74, 6) is 0.212. The van der Waals surface area contributed by atoms with Gasteiger partial charge in [0.15, 0.2) is 5.82 Å². The average Bonchev–Trinajstić information content (AvgIpc) is 3.05. The molecule has 0 N–H and O–H groups in total. The minimum absolute atomic E-state index is 0.0602. The summed E-state index contributed by atoms with van der Waals surface area (Å²) in [6.45, 7) is 0.151. The molecule has 3 rings (SSSR count). The Kier molecular flexibility index (Phi) is 3.95. The molecule has 0 bridgehead atoms. The number of halogens is 2. The first-order chi connectivity index (χ1) is 10.7. The van der Waals surface area contributed by atoms with Gasteiger partial charge in [-0.05, 0) is 12.1 Å². The van der Waals surface area contributed by atoms with Gasteiger partial charge < -0.3 is 9.15 Å². The molecule has 3 aromatic rings. The van der Waals surface area contributed by atoms with Crippen LogP contribution >= 0.6 is 0 Å². The van der Waals surface area contributed by atoms with Crippen molar-refractivity contribution < 1.29 is 17.9 Å². The molecule has 22 heavy (non-hydrogen) atoms. The van der Waals surface area contributed by atoms with Crippen LogP contribution in [-0.2, 0) is 6.61 Å². The first-order valence-electron chi connectivity index (χ1n) is 6.18. The second kappa shape index (κ2) is 6.20. The molecule has 0 aliphatic heterocycles. The van der Waals surface area contributed by atoms with Gasteiger partial charge in [0.2, 0.25) is 0 Å². The molecule has 3 heterocycles. The van der Waals surface area contributed by atoms with Gasteiger partial charge in [-0.1, -0.05) is 0 Å². The van der Waals surface area contributed by atoms with E-state index in [0.29, 0.717) is 17.1 Å². The number of ether oxygens (including phenoxy) is 1. The highest BCUT2D eigenvalue weighted by atomic mass is 19.3. The first-order valence-corrected chi connectivity index (χ1v) is 6.18. The third-order valence-electron chi connectivity index (χ3n) is 2.58. The topological polar surface area (TPSA) is 86.8 Å². The van der Waals surface area contributed by atoms with E-state index < -0.39 is 12.3 Å². The zero-order chi connectivity index (χ0) is 15.4. The highest BCUT2D eigenvalue weighted by molar-refractivity contribution is 5.48. The Morgan fingerprint density at radius 2 is 1.95 bits per heavy atom. The maximum atomic E-state index is 12.4. The minimum Gasteiger partial charge on any atom is -0.484 e. The summed E-state index contributed by atoms with van der Waals surface area (Å²) in [4.78, 5) is 12.0. The van der Waals surface area contributed by atoms with Crippen molar-refractivity contribution in [1.29, 1.82) is 0 Å². The SMILES string of the molecule is FC(F)c1nnc(-c2cnc(COc3cccnc3)nc2)o1. The van der Waals surface area contributed by atoms with Gasteiger partial charge >= 0.3 is 6.43 Å². The quantitative estimate of drug-likeness (QED) is 0.715. The number of nitrogens with zero attached hydrogens (tertiary/aromatic N) is 5. The van der Waals surface area contributed by atoms with Gasteiger partial charge in [-0.2, -0.15) is 8.78 Å². The molecule has 0 fully saturated rings. The molecule has 9 heteroatoms. The Morgan fingerprint density at radius 3 is 2.59 bits per heavy atom. The first kappa shape index (κ1) is 14.0. The molecular formula is C13H9F2N5O2. The van der Waals surface area contributed by atoms with Crippen LogP contribution in [-0.4, -0.2) is 25.1 Å². The van der Waals surface area contributed by atoms with Crippen molar-refractivity contribution in [2.24, 2.45) is 0 Å². The maximum absolute atomic E-state index is 12.4. The zero-order valence-electron chi connectivity index (χ0n) is 11.1. The molecule has 7 nitrogen and oxygen atoms in total. The molecule has 0 saturated carbocycles. The molecule has 0 aliphatic carbocycles. The maximum Gasteiger partial charge on any atom is 0.314 e. The lowest BCUT2D eigenvalue weighted by atomic mass is 10.3. The van der Waals surface area contributed by atoms with E-state index in [1.807, 2.05) is 0 Å². The van der Waals surface area contributed by atoms with Crippen molar-refractivity contribution in [3.05, 3.63) is 48.6 Å². The van der Waals surface area contributed by atoms with E-state index in [1.165, 1.54) is 12.4 Å². The van der Waals surface area contributed by atoms with E-state index in [9.17, 15) is 8.78 Å². The molecular weight excluding hydrogens is 296 g/mol. The summed E-state index contributed by atoms with van der Waals surface area (Å²) < 4.78 is 35.0.